The van der Waals surface area contributed by atoms with Gasteiger partial charge in [-0.1, -0.05) is 24.3 Å². The van der Waals surface area contributed by atoms with Crippen molar-refractivity contribution in [1.29, 1.82) is 5.26 Å². The molecule has 5 heteroatoms. The van der Waals surface area contributed by atoms with Crippen molar-refractivity contribution < 1.29 is 0 Å². The van der Waals surface area contributed by atoms with Gasteiger partial charge in [0, 0.05) is 25.2 Å². The van der Waals surface area contributed by atoms with Gasteiger partial charge in [0.1, 0.15) is 5.82 Å². The topological polar surface area (TPSA) is 75.1 Å². The molecule has 0 radical (unpaired) electrons. The number of nitrogens with two attached hydrogens (primary N) is 1. The van der Waals surface area contributed by atoms with Crippen molar-refractivity contribution in [2.45, 2.75) is 25.4 Å². The molecule has 1 saturated heterocycles. The molecule has 5 nitrogen and oxygen atoms in total. The fraction of sp³-hybridized carbons (Fsp3) is 0.333. The molecule has 2 heterocycles. The van der Waals surface area contributed by atoms with Crippen LogP contribution in [0, 0.1) is 11.3 Å². The molecule has 0 saturated carbocycles. The fourth-order valence-electron chi connectivity index (χ4n) is 3.10. The number of hydrogen-bond acceptors (Lipinski definition) is 4. The molecule has 2 aromatic rings. The van der Waals surface area contributed by atoms with Crippen LogP contribution in [0.1, 0.15) is 24.0 Å². The summed E-state index contributed by atoms with van der Waals surface area (Å²) in [4.78, 5) is 14.6. The van der Waals surface area contributed by atoms with Crippen molar-refractivity contribution in [2.75, 3.05) is 18.0 Å². The first-order valence-electron chi connectivity index (χ1n) is 7.87. The summed E-state index contributed by atoms with van der Waals surface area (Å²) in [6.45, 7) is 2.05. The second kappa shape index (κ2) is 6.67. The van der Waals surface area contributed by atoms with Gasteiger partial charge in [-0.2, -0.15) is 5.26 Å². The van der Waals surface area contributed by atoms with E-state index >= 15 is 0 Å². The van der Waals surface area contributed by atoms with E-state index in [9.17, 15) is 10.1 Å². The summed E-state index contributed by atoms with van der Waals surface area (Å²) in [5.41, 5.74) is 7.47. The molecule has 1 aromatic carbocycles. The number of nitriles is 1. The van der Waals surface area contributed by atoms with Crippen molar-refractivity contribution in [3.05, 3.63) is 63.9 Å². The average Bonchev–Trinajstić information content (AvgIpc) is 2.57. The number of pyridine rings is 1. The summed E-state index contributed by atoms with van der Waals surface area (Å²) in [5.74, 6) is 0.875. The van der Waals surface area contributed by atoms with Crippen LogP contribution in [0.25, 0.3) is 0 Å². The number of rotatable bonds is 3. The Morgan fingerprint density at radius 1 is 1.22 bits per heavy atom. The molecule has 1 aromatic heterocycles. The highest BCUT2D eigenvalue weighted by atomic mass is 16.1. The van der Waals surface area contributed by atoms with Gasteiger partial charge in [-0.05, 0) is 30.5 Å². The Kier molecular flexibility index (Phi) is 4.45. The van der Waals surface area contributed by atoms with E-state index in [1.54, 1.807) is 22.8 Å². The molecule has 0 unspecified atom stereocenters. The van der Waals surface area contributed by atoms with Crippen molar-refractivity contribution in [3.63, 3.8) is 0 Å². The Morgan fingerprint density at radius 2 is 2.04 bits per heavy atom. The first-order chi connectivity index (χ1) is 11.2. The van der Waals surface area contributed by atoms with Gasteiger partial charge in [0.2, 0.25) is 0 Å². The molecule has 1 aliphatic heterocycles. The lowest BCUT2D eigenvalue weighted by Gasteiger charge is -2.34. The van der Waals surface area contributed by atoms with Gasteiger partial charge in [-0.25, -0.2) is 0 Å². The third-order valence-electron chi connectivity index (χ3n) is 4.27. The van der Waals surface area contributed by atoms with Crippen LogP contribution < -0.4 is 16.2 Å². The Balaban J connectivity index is 1.99. The molecular formula is C18H20N4O. The maximum atomic E-state index is 12.4. The normalized spacial score (nSPS) is 17.7. The highest BCUT2D eigenvalue weighted by Gasteiger charge is 2.20. The van der Waals surface area contributed by atoms with Gasteiger partial charge in [0.05, 0.1) is 18.2 Å². The number of hydrogen-bond donors (Lipinski definition) is 1. The summed E-state index contributed by atoms with van der Waals surface area (Å²) in [6, 6.07) is 15.0. The third kappa shape index (κ3) is 3.27. The minimum Gasteiger partial charge on any atom is -0.356 e. The van der Waals surface area contributed by atoms with Crippen LogP contribution in [0.3, 0.4) is 0 Å². The molecule has 2 N–H and O–H groups in total. The average molecular weight is 308 g/mol. The standard InChI is InChI=1S/C18H20N4O/c19-11-14-5-1-2-6-15(14)12-22-17(8-3-9-18(22)23)21-10-4-7-16(20)13-21/h1-3,5-6,8-9,16H,4,7,10,12-13,20H2/t16-/m1/s1. The summed E-state index contributed by atoms with van der Waals surface area (Å²) >= 11 is 0. The van der Waals surface area contributed by atoms with Crippen molar-refractivity contribution >= 4 is 5.82 Å². The molecular weight excluding hydrogens is 288 g/mol. The van der Waals surface area contributed by atoms with Gasteiger partial charge >= 0.3 is 0 Å². The summed E-state index contributed by atoms with van der Waals surface area (Å²) in [5, 5.41) is 9.25. The Labute approximate surface area is 135 Å². The van der Waals surface area contributed by atoms with E-state index in [1.807, 2.05) is 24.3 Å². The molecule has 1 fully saturated rings. The maximum absolute atomic E-state index is 12.4. The summed E-state index contributed by atoms with van der Waals surface area (Å²) in [6.07, 6.45) is 2.05. The van der Waals surface area contributed by atoms with Crippen molar-refractivity contribution in [1.82, 2.24) is 4.57 Å². The monoisotopic (exact) mass is 308 g/mol. The van der Waals surface area contributed by atoms with E-state index in [0.29, 0.717) is 12.1 Å². The molecule has 23 heavy (non-hydrogen) atoms. The Hall–Kier alpha value is -2.58. The van der Waals surface area contributed by atoms with E-state index in [0.717, 1.165) is 37.3 Å². The highest BCUT2D eigenvalue weighted by molar-refractivity contribution is 5.43. The molecule has 1 atom stereocenters. The van der Waals surface area contributed by atoms with Crippen LogP contribution in [0.15, 0.2) is 47.3 Å². The third-order valence-corrected chi connectivity index (χ3v) is 4.27. The van der Waals surface area contributed by atoms with Crippen LogP contribution in [-0.4, -0.2) is 23.7 Å². The van der Waals surface area contributed by atoms with Crippen LogP contribution in [0.2, 0.25) is 0 Å². The SMILES string of the molecule is N#Cc1ccccc1Cn1c(N2CCC[C@@H](N)C2)cccc1=O. The van der Waals surface area contributed by atoms with E-state index in [4.69, 9.17) is 5.73 Å². The second-order valence-corrected chi connectivity index (χ2v) is 5.93. The second-order valence-electron chi connectivity index (χ2n) is 5.93. The smallest absolute Gasteiger partial charge is 0.252 e. The molecule has 1 aliphatic rings. The van der Waals surface area contributed by atoms with E-state index in [2.05, 4.69) is 11.0 Å². The van der Waals surface area contributed by atoms with Crippen LogP contribution in [0.5, 0.6) is 0 Å². The van der Waals surface area contributed by atoms with Crippen LogP contribution in [0.4, 0.5) is 5.82 Å². The zero-order chi connectivity index (χ0) is 16.2. The minimum absolute atomic E-state index is 0.0608. The van der Waals surface area contributed by atoms with Gasteiger partial charge in [0.25, 0.3) is 5.56 Å². The molecule has 0 aliphatic carbocycles. The summed E-state index contributed by atoms with van der Waals surface area (Å²) < 4.78 is 1.73. The molecule has 0 spiro atoms. The predicted molar refractivity (Wildman–Crippen MR) is 90.4 cm³/mol. The van der Waals surface area contributed by atoms with E-state index < -0.39 is 0 Å². The van der Waals surface area contributed by atoms with Crippen molar-refractivity contribution in [3.8, 4) is 6.07 Å². The van der Waals surface area contributed by atoms with E-state index in [1.165, 1.54) is 0 Å². The van der Waals surface area contributed by atoms with Gasteiger partial charge in [0.15, 0.2) is 0 Å². The lowest BCUT2D eigenvalue weighted by molar-refractivity contribution is 0.496. The maximum Gasteiger partial charge on any atom is 0.252 e. The van der Waals surface area contributed by atoms with Gasteiger partial charge in [-0.15, -0.1) is 0 Å². The Bertz CT molecular complexity index is 790. The zero-order valence-corrected chi connectivity index (χ0v) is 13.0. The number of nitrogens with zero attached hydrogens (tertiary/aromatic N) is 3. The first kappa shape index (κ1) is 15.3. The molecule has 0 amide bonds. The number of anilines is 1. The minimum atomic E-state index is -0.0608. The van der Waals surface area contributed by atoms with Crippen molar-refractivity contribution in [2.24, 2.45) is 5.73 Å². The number of piperidine rings is 1. The predicted octanol–water partition coefficient (Wildman–Crippen LogP) is 1.70. The highest BCUT2D eigenvalue weighted by Crippen LogP contribution is 2.20. The quantitative estimate of drug-likeness (QED) is 0.936. The lowest BCUT2D eigenvalue weighted by Crippen LogP contribution is -2.44. The Morgan fingerprint density at radius 3 is 2.83 bits per heavy atom. The molecule has 0 bridgehead atoms. The van der Waals surface area contributed by atoms with Crippen LogP contribution >= 0.6 is 0 Å². The largest absolute Gasteiger partial charge is 0.356 e. The summed E-state index contributed by atoms with van der Waals surface area (Å²) in [7, 11) is 0. The fourth-order valence-corrected chi connectivity index (χ4v) is 3.10. The zero-order valence-electron chi connectivity index (χ0n) is 13.0. The molecule has 118 valence electrons. The first-order valence-corrected chi connectivity index (χ1v) is 7.87. The molecule has 3 rings (SSSR count). The van der Waals surface area contributed by atoms with Crippen LogP contribution in [-0.2, 0) is 6.54 Å². The van der Waals surface area contributed by atoms with Gasteiger partial charge in [-0.3, -0.25) is 9.36 Å². The van der Waals surface area contributed by atoms with Gasteiger partial charge < -0.3 is 10.6 Å². The van der Waals surface area contributed by atoms with E-state index in [-0.39, 0.29) is 11.6 Å². The number of aromatic nitrogens is 1. The lowest BCUT2D eigenvalue weighted by atomic mass is 10.1. The number of benzene rings is 1.